The maximum Gasteiger partial charge on any atom is 0.275 e. The van der Waals surface area contributed by atoms with Crippen molar-refractivity contribution in [3.8, 4) is 11.3 Å². The summed E-state index contributed by atoms with van der Waals surface area (Å²) in [7, 11) is 0. The number of fused-ring (bicyclic) bond motifs is 3. The molecule has 8 heteroatoms. The summed E-state index contributed by atoms with van der Waals surface area (Å²) in [5.41, 5.74) is 2.62. The quantitative estimate of drug-likeness (QED) is 0.336. The molecule has 0 saturated heterocycles. The fraction of sp³-hybridized carbons (Fsp3) is 0.0476. The highest BCUT2D eigenvalue weighted by molar-refractivity contribution is 7.15. The van der Waals surface area contributed by atoms with Gasteiger partial charge in [0, 0.05) is 23.3 Å². The molecule has 0 unspecified atom stereocenters. The molecule has 3 heterocycles. The fourth-order valence-corrected chi connectivity index (χ4v) is 4.37. The summed E-state index contributed by atoms with van der Waals surface area (Å²) in [6.07, 6.45) is 1.67. The minimum Gasteiger partial charge on any atom is -0.457 e. The van der Waals surface area contributed by atoms with Crippen molar-refractivity contribution in [3.63, 3.8) is 0 Å². The largest absolute Gasteiger partial charge is 0.457 e. The van der Waals surface area contributed by atoms with Gasteiger partial charge in [-0.15, -0.1) is 0 Å². The second-order valence-electron chi connectivity index (χ2n) is 6.54. The van der Waals surface area contributed by atoms with Crippen LogP contribution in [0, 0.1) is 17.0 Å². The van der Waals surface area contributed by atoms with Crippen molar-refractivity contribution in [1.82, 2.24) is 9.38 Å². The number of aromatic nitrogens is 2. The summed E-state index contributed by atoms with van der Waals surface area (Å²) in [6, 6.07) is 15.8. The molecule has 2 aromatic carbocycles. The van der Waals surface area contributed by atoms with Gasteiger partial charge >= 0.3 is 0 Å². The van der Waals surface area contributed by atoms with Gasteiger partial charge in [0.1, 0.15) is 16.1 Å². The zero-order valence-corrected chi connectivity index (χ0v) is 16.0. The van der Waals surface area contributed by atoms with Gasteiger partial charge < -0.3 is 4.42 Å². The molecule has 5 rings (SSSR count). The van der Waals surface area contributed by atoms with Crippen molar-refractivity contribution in [1.29, 1.82) is 0 Å². The molecule has 5 aromatic rings. The van der Waals surface area contributed by atoms with E-state index in [1.165, 1.54) is 17.4 Å². The van der Waals surface area contributed by atoms with Gasteiger partial charge in [-0.2, -0.15) is 0 Å². The summed E-state index contributed by atoms with van der Waals surface area (Å²) in [5.74, 6) is 1.01. The van der Waals surface area contributed by atoms with Crippen molar-refractivity contribution >= 4 is 39.1 Å². The topological polar surface area (TPSA) is 90.7 Å². The van der Waals surface area contributed by atoms with Gasteiger partial charge in [0.15, 0.2) is 4.96 Å². The zero-order valence-electron chi connectivity index (χ0n) is 15.2. The first-order chi connectivity index (χ1) is 14.0. The standard InChI is InChI=1S/C21H13N3O4S/c1-12-14(5-4-8-16(12)24(26)27)18-10-9-13(28-18)11-19-20(25)23-17-7-3-2-6-15(17)22-21(23)29-19/h2-11H,1H3/b19-11+. The molecule has 142 valence electrons. The average Bonchev–Trinajstić information content (AvgIpc) is 3.38. The Kier molecular flexibility index (Phi) is 3.82. The molecule has 0 bridgehead atoms. The zero-order chi connectivity index (χ0) is 20.1. The molecule has 0 spiro atoms. The van der Waals surface area contributed by atoms with E-state index in [9.17, 15) is 14.9 Å². The molecule has 0 aliphatic carbocycles. The van der Waals surface area contributed by atoms with Gasteiger partial charge in [-0.3, -0.25) is 14.9 Å². The number of hydrogen-bond donors (Lipinski definition) is 0. The second kappa shape index (κ2) is 6.39. The van der Waals surface area contributed by atoms with E-state index >= 15 is 0 Å². The Bertz CT molecular complexity index is 1530. The minimum absolute atomic E-state index is 0.0395. The number of furan rings is 1. The fourth-order valence-electron chi connectivity index (χ4n) is 3.40. The summed E-state index contributed by atoms with van der Waals surface area (Å²) in [5, 5.41) is 11.2. The molecular formula is C21H13N3O4S. The van der Waals surface area contributed by atoms with Gasteiger partial charge in [0.2, 0.25) is 0 Å². The number of nitrogens with zero attached hydrogens (tertiary/aromatic N) is 3. The molecule has 0 fully saturated rings. The Balaban J connectivity index is 1.61. The van der Waals surface area contributed by atoms with Crippen molar-refractivity contribution in [3.05, 3.63) is 90.9 Å². The van der Waals surface area contributed by atoms with Crippen LogP contribution in [-0.4, -0.2) is 14.3 Å². The molecule has 0 aliphatic heterocycles. The van der Waals surface area contributed by atoms with Gasteiger partial charge in [0.05, 0.1) is 16.0 Å². The number of para-hydroxylation sites is 2. The molecule has 7 nitrogen and oxygen atoms in total. The Morgan fingerprint density at radius 2 is 1.97 bits per heavy atom. The van der Waals surface area contributed by atoms with Gasteiger partial charge in [0.25, 0.3) is 11.2 Å². The van der Waals surface area contributed by atoms with Crippen LogP contribution in [0.1, 0.15) is 11.3 Å². The van der Waals surface area contributed by atoms with Crippen LogP contribution in [0.5, 0.6) is 0 Å². The molecule has 0 radical (unpaired) electrons. The normalized spacial score (nSPS) is 12.2. The molecule has 29 heavy (non-hydrogen) atoms. The highest BCUT2D eigenvalue weighted by atomic mass is 32.1. The predicted molar refractivity (Wildman–Crippen MR) is 111 cm³/mol. The number of imidazole rings is 1. The first-order valence-electron chi connectivity index (χ1n) is 8.79. The number of nitro groups is 1. The molecule has 0 N–H and O–H groups in total. The SMILES string of the molecule is Cc1c(-c2ccc(/C=c3/sc4nc5ccccc5n4c3=O)o2)cccc1[N+](=O)[O-]. The number of benzene rings is 2. The molecule has 0 amide bonds. The first-order valence-corrected chi connectivity index (χ1v) is 9.60. The van der Waals surface area contributed by atoms with E-state index in [1.807, 2.05) is 24.3 Å². The van der Waals surface area contributed by atoms with E-state index in [0.29, 0.717) is 32.1 Å². The molecule has 0 atom stereocenters. The smallest absolute Gasteiger partial charge is 0.275 e. The van der Waals surface area contributed by atoms with Crippen LogP contribution in [0.15, 0.2) is 63.8 Å². The predicted octanol–water partition coefficient (Wildman–Crippen LogP) is 3.93. The Morgan fingerprint density at radius 3 is 2.79 bits per heavy atom. The Labute approximate surface area is 167 Å². The second-order valence-corrected chi connectivity index (χ2v) is 7.55. The van der Waals surface area contributed by atoms with Crippen LogP contribution in [0.2, 0.25) is 0 Å². The lowest BCUT2D eigenvalue weighted by Gasteiger charge is -2.02. The number of hydrogen-bond acceptors (Lipinski definition) is 6. The van der Waals surface area contributed by atoms with Crippen LogP contribution in [0.25, 0.3) is 33.4 Å². The number of nitro benzene ring substituents is 1. The van der Waals surface area contributed by atoms with Crippen molar-refractivity contribution in [2.24, 2.45) is 0 Å². The van der Waals surface area contributed by atoms with Gasteiger partial charge in [-0.05, 0) is 31.2 Å². The van der Waals surface area contributed by atoms with Crippen molar-refractivity contribution in [2.45, 2.75) is 6.92 Å². The van der Waals surface area contributed by atoms with E-state index in [4.69, 9.17) is 4.42 Å². The van der Waals surface area contributed by atoms with Crippen LogP contribution >= 0.6 is 11.3 Å². The summed E-state index contributed by atoms with van der Waals surface area (Å²) >= 11 is 1.29. The van der Waals surface area contributed by atoms with Crippen LogP contribution in [-0.2, 0) is 0 Å². The maximum atomic E-state index is 12.8. The van der Waals surface area contributed by atoms with Gasteiger partial charge in [-0.25, -0.2) is 9.38 Å². The van der Waals surface area contributed by atoms with Crippen LogP contribution in [0.4, 0.5) is 5.69 Å². The molecular weight excluding hydrogens is 390 g/mol. The monoisotopic (exact) mass is 403 g/mol. The highest BCUT2D eigenvalue weighted by Crippen LogP contribution is 2.31. The molecule has 3 aromatic heterocycles. The van der Waals surface area contributed by atoms with Crippen molar-refractivity contribution in [2.75, 3.05) is 0 Å². The molecule has 0 aliphatic rings. The van der Waals surface area contributed by atoms with Crippen LogP contribution in [0.3, 0.4) is 0 Å². The third kappa shape index (κ3) is 2.73. The van der Waals surface area contributed by atoms with E-state index in [0.717, 1.165) is 11.0 Å². The van der Waals surface area contributed by atoms with E-state index < -0.39 is 4.92 Å². The number of thiazole rings is 1. The lowest BCUT2D eigenvalue weighted by atomic mass is 10.1. The summed E-state index contributed by atoms with van der Waals surface area (Å²) in [4.78, 5) is 28.7. The molecule has 0 saturated carbocycles. The van der Waals surface area contributed by atoms with E-state index in [1.54, 1.807) is 41.7 Å². The summed E-state index contributed by atoms with van der Waals surface area (Å²) in [6.45, 7) is 1.69. The van der Waals surface area contributed by atoms with Crippen LogP contribution < -0.4 is 10.1 Å². The Hall–Kier alpha value is -3.78. The highest BCUT2D eigenvalue weighted by Gasteiger charge is 2.16. The van der Waals surface area contributed by atoms with Crippen molar-refractivity contribution < 1.29 is 9.34 Å². The van der Waals surface area contributed by atoms with Gasteiger partial charge in [-0.1, -0.05) is 35.6 Å². The minimum atomic E-state index is -0.412. The third-order valence-corrected chi connectivity index (χ3v) is 5.78. The Morgan fingerprint density at radius 1 is 1.14 bits per heavy atom. The van der Waals surface area contributed by atoms with E-state index in [-0.39, 0.29) is 11.2 Å². The first kappa shape index (κ1) is 17.3. The lowest BCUT2D eigenvalue weighted by Crippen LogP contribution is -2.22. The third-order valence-electron chi connectivity index (χ3n) is 4.81. The lowest BCUT2D eigenvalue weighted by molar-refractivity contribution is -0.385. The van der Waals surface area contributed by atoms with E-state index in [2.05, 4.69) is 4.98 Å². The maximum absolute atomic E-state index is 12.8. The number of rotatable bonds is 3. The average molecular weight is 403 g/mol. The summed E-state index contributed by atoms with van der Waals surface area (Å²) < 4.78 is 7.97.